The van der Waals surface area contributed by atoms with Crippen molar-refractivity contribution >= 4 is 34.6 Å². The van der Waals surface area contributed by atoms with E-state index in [1.54, 1.807) is 50.2 Å². The number of hydrogen-bond acceptors (Lipinski definition) is 6. The average Bonchev–Trinajstić information content (AvgIpc) is 3.13. The summed E-state index contributed by atoms with van der Waals surface area (Å²) in [5.41, 5.74) is 1.17. The number of hydrogen-bond donors (Lipinski definition) is 2. The van der Waals surface area contributed by atoms with Crippen molar-refractivity contribution in [3.05, 3.63) is 46.3 Å². The van der Waals surface area contributed by atoms with Crippen molar-refractivity contribution in [2.24, 2.45) is 0 Å². The van der Waals surface area contributed by atoms with Crippen LogP contribution in [-0.2, 0) is 11.3 Å². The fourth-order valence-corrected chi connectivity index (χ4v) is 3.54. The Labute approximate surface area is 168 Å². The lowest BCUT2D eigenvalue weighted by atomic mass is 10.2. The highest BCUT2D eigenvalue weighted by atomic mass is 32.1. The predicted molar refractivity (Wildman–Crippen MR) is 110 cm³/mol. The maximum absolute atomic E-state index is 12.9. The number of anilines is 1. The number of thiophene rings is 1. The number of nitrogens with one attached hydrogen (secondary N) is 1. The number of carbonyl (C=O) groups excluding carboxylic acids is 3. The summed E-state index contributed by atoms with van der Waals surface area (Å²) in [7, 11) is 3.57. The molecule has 2 rings (SSSR count). The molecule has 1 heterocycles. The van der Waals surface area contributed by atoms with Gasteiger partial charge in [-0.3, -0.25) is 19.3 Å². The largest absolute Gasteiger partial charge is 0.508 e. The van der Waals surface area contributed by atoms with E-state index in [-0.39, 0.29) is 17.7 Å². The molecular weight excluding hydrogens is 378 g/mol. The van der Waals surface area contributed by atoms with Crippen LogP contribution in [0.4, 0.5) is 5.00 Å². The van der Waals surface area contributed by atoms with Crippen LogP contribution in [-0.4, -0.2) is 48.4 Å². The Balaban J connectivity index is 2.22. The SMILES string of the molecule is CCC(C)N(C=O)C(=O)c1cc(C(=O)NCc2ccc(O)cc2)sc1N(C)C. The van der Waals surface area contributed by atoms with Crippen molar-refractivity contribution in [1.29, 1.82) is 0 Å². The minimum atomic E-state index is -0.415. The first-order valence-corrected chi connectivity index (χ1v) is 9.75. The summed E-state index contributed by atoms with van der Waals surface area (Å²) in [6.45, 7) is 4.00. The lowest BCUT2D eigenvalue weighted by Gasteiger charge is -2.23. The normalized spacial score (nSPS) is 11.6. The number of rotatable bonds is 8. The molecule has 7 nitrogen and oxygen atoms in total. The zero-order chi connectivity index (χ0) is 20.8. The molecule has 2 N–H and O–H groups in total. The molecule has 0 saturated heterocycles. The van der Waals surface area contributed by atoms with E-state index in [9.17, 15) is 19.5 Å². The molecule has 0 saturated carbocycles. The van der Waals surface area contributed by atoms with Crippen LogP contribution >= 0.6 is 11.3 Å². The second-order valence-electron chi connectivity index (χ2n) is 6.65. The van der Waals surface area contributed by atoms with Gasteiger partial charge in [0.1, 0.15) is 10.8 Å². The second kappa shape index (κ2) is 9.36. The maximum atomic E-state index is 12.9. The molecule has 0 bridgehead atoms. The molecule has 1 aromatic carbocycles. The van der Waals surface area contributed by atoms with Gasteiger partial charge >= 0.3 is 0 Å². The van der Waals surface area contributed by atoms with Crippen LogP contribution in [0.3, 0.4) is 0 Å². The third-order valence-electron chi connectivity index (χ3n) is 4.38. The quantitative estimate of drug-likeness (QED) is 0.662. The van der Waals surface area contributed by atoms with Crippen LogP contribution in [0.2, 0.25) is 0 Å². The van der Waals surface area contributed by atoms with E-state index in [2.05, 4.69) is 5.32 Å². The number of imide groups is 1. The van der Waals surface area contributed by atoms with Gasteiger partial charge in [-0.1, -0.05) is 19.1 Å². The lowest BCUT2D eigenvalue weighted by molar-refractivity contribution is -0.117. The molecule has 3 amide bonds. The van der Waals surface area contributed by atoms with E-state index in [0.717, 1.165) is 10.5 Å². The monoisotopic (exact) mass is 403 g/mol. The van der Waals surface area contributed by atoms with Crippen LogP contribution in [0.5, 0.6) is 5.75 Å². The first-order valence-electron chi connectivity index (χ1n) is 8.93. The fourth-order valence-electron chi connectivity index (χ4n) is 2.55. The van der Waals surface area contributed by atoms with Gasteiger partial charge in [0.05, 0.1) is 10.4 Å². The molecule has 0 radical (unpaired) electrons. The summed E-state index contributed by atoms with van der Waals surface area (Å²) >= 11 is 1.20. The highest BCUT2D eigenvalue weighted by Gasteiger charge is 2.26. The Kier molecular flexibility index (Phi) is 7.17. The van der Waals surface area contributed by atoms with Crippen LogP contribution in [0.25, 0.3) is 0 Å². The van der Waals surface area contributed by atoms with Crippen LogP contribution < -0.4 is 10.2 Å². The summed E-state index contributed by atoms with van der Waals surface area (Å²) in [5, 5.41) is 12.7. The molecule has 2 aromatic rings. The Morgan fingerprint density at radius 3 is 2.43 bits per heavy atom. The Bertz CT molecular complexity index is 846. The van der Waals surface area contributed by atoms with Crippen molar-refractivity contribution in [1.82, 2.24) is 10.2 Å². The minimum Gasteiger partial charge on any atom is -0.508 e. The Morgan fingerprint density at radius 2 is 1.89 bits per heavy atom. The Morgan fingerprint density at radius 1 is 1.25 bits per heavy atom. The van der Waals surface area contributed by atoms with Crippen molar-refractivity contribution in [2.45, 2.75) is 32.9 Å². The van der Waals surface area contributed by atoms with Gasteiger partial charge in [-0.2, -0.15) is 0 Å². The van der Waals surface area contributed by atoms with E-state index in [1.165, 1.54) is 17.4 Å². The third-order valence-corrected chi connectivity index (χ3v) is 5.68. The molecule has 0 fully saturated rings. The topological polar surface area (TPSA) is 90.0 Å². The molecule has 1 atom stereocenters. The van der Waals surface area contributed by atoms with Gasteiger partial charge in [0.2, 0.25) is 6.41 Å². The molecule has 0 spiro atoms. The minimum absolute atomic E-state index is 0.160. The second-order valence-corrected chi connectivity index (χ2v) is 7.68. The van der Waals surface area contributed by atoms with Crippen molar-refractivity contribution in [3.63, 3.8) is 0 Å². The van der Waals surface area contributed by atoms with Gasteiger partial charge in [-0.15, -0.1) is 11.3 Å². The molecule has 1 unspecified atom stereocenters. The van der Waals surface area contributed by atoms with Crippen LogP contribution in [0.1, 0.15) is 45.9 Å². The number of phenolic OH excluding ortho intramolecular Hbond substituents is 1. The van der Waals surface area contributed by atoms with Crippen molar-refractivity contribution < 1.29 is 19.5 Å². The van der Waals surface area contributed by atoms with Crippen molar-refractivity contribution in [2.75, 3.05) is 19.0 Å². The van der Waals surface area contributed by atoms with E-state index < -0.39 is 5.91 Å². The van der Waals surface area contributed by atoms with Crippen LogP contribution in [0.15, 0.2) is 30.3 Å². The summed E-state index contributed by atoms with van der Waals surface area (Å²) in [5.74, 6) is -0.559. The number of amides is 3. The number of carbonyl (C=O) groups is 3. The van der Waals surface area contributed by atoms with E-state index in [1.807, 2.05) is 6.92 Å². The van der Waals surface area contributed by atoms with Gasteiger partial charge < -0.3 is 15.3 Å². The molecule has 150 valence electrons. The van der Waals surface area contributed by atoms with Crippen molar-refractivity contribution in [3.8, 4) is 5.75 Å². The zero-order valence-corrected chi connectivity index (χ0v) is 17.2. The summed E-state index contributed by atoms with van der Waals surface area (Å²) in [6, 6.07) is 7.85. The number of benzene rings is 1. The van der Waals surface area contributed by atoms with Gasteiger partial charge in [0, 0.05) is 26.7 Å². The molecular formula is C20H25N3O4S. The number of aromatic hydroxyl groups is 1. The lowest BCUT2D eigenvalue weighted by Crippen LogP contribution is -2.37. The van der Waals surface area contributed by atoms with E-state index in [4.69, 9.17) is 0 Å². The zero-order valence-electron chi connectivity index (χ0n) is 16.4. The first kappa shape index (κ1) is 21.4. The van der Waals surface area contributed by atoms with Gasteiger partial charge in [0.15, 0.2) is 0 Å². The molecule has 0 aliphatic carbocycles. The number of nitrogens with zero attached hydrogens (tertiary/aromatic N) is 2. The number of phenols is 1. The molecule has 0 aliphatic rings. The molecule has 8 heteroatoms. The molecule has 0 aliphatic heterocycles. The smallest absolute Gasteiger partial charge is 0.263 e. The molecule has 1 aromatic heterocycles. The van der Waals surface area contributed by atoms with Gasteiger partial charge in [0.25, 0.3) is 11.8 Å². The highest BCUT2D eigenvalue weighted by molar-refractivity contribution is 7.18. The van der Waals surface area contributed by atoms with Crippen LogP contribution in [0, 0.1) is 0 Å². The maximum Gasteiger partial charge on any atom is 0.263 e. The predicted octanol–water partition coefficient (Wildman–Crippen LogP) is 2.85. The summed E-state index contributed by atoms with van der Waals surface area (Å²) < 4.78 is 0. The average molecular weight is 404 g/mol. The highest BCUT2D eigenvalue weighted by Crippen LogP contribution is 2.32. The summed E-state index contributed by atoms with van der Waals surface area (Å²) in [6.07, 6.45) is 1.18. The fraction of sp³-hybridized carbons (Fsp3) is 0.350. The standard InChI is InChI=1S/C20H25N3O4S/c1-5-13(2)23(12-24)19(27)16-10-17(28-20(16)22(3)4)18(26)21-11-14-6-8-15(25)9-7-14/h6-10,12-13,25H,5,11H2,1-4H3,(H,21,26). The summed E-state index contributed by atoms with van der Waals surface area (Å²) in [4.78, 5) is 40.2. The van der Waals surface area contributed by atoms with E-state index in [0.29, 0.717) is 34.8 Å². The van der Waals surface area contributed by atoms with E-state index >= 15 is 0 Å². The Hall–Kier alpha value is -2.87. The first-order chi connectivity index (χ1) is 13.3. The van der Waals surface area contributed by atoms with Gasteiger partial charge in [-0.25, -0.2) is 0 Å². The third kappa shape index (κ3) is 4.89. The molecule has 28 heavy (non-hydrogen) atoms. The van der Waals surface area contributed by atoms with Gasteiger partial charge in [-0.05, 0) is 37.1 Å².